The summed E-state index contributed by atoms with van der Waals surface area (Å²) in [5.41, 5.74) is 1.28. The van der Waals surface area contributed by atoms with Crippen molar-refractivity contribution in [3.8, 4) is 5.75 Å². The van der Waals surface area contributed by atoms with E-state index in [2.05, 4.69) is 10.0 Å². The third kappa shape index (κ3) is 4.86. The quantitative estimate of drug-likeness (QED) is 0.644. The van der Waals surface area contributed by atoms with E-state index in [4.69, 9.17) is 9.47 Å². The van der Waals surface area contributed by atoms with Gasteiger partial charge in [-0.25, -0.2) is 17.5 Å². The predicted octanol–water partition coefficient (Wildman–Crippen LogP) is 1.37. The molecule has 7 nitrogen and oxygen atoms in total. The molecule has 0 aromatic heterocycles. The number of halogens is 1. The summed E-state index contributed by atoms with van der Waals surface area (Å²) in [6, 6.07) is 10.4. The van der Waals surface area contributed by atoms with E-state index < -0.39 is 16.1 Å². The molecule has 2 aromatic carbocycles. The Hall–Kier alpha value is -2.49. The minimum atomic E-state index is -3.65. The van der Waals surface area contributed by atoms with Crippen LogP contribution in [0.3, 0.4) is 0 Å². The molecule has 1 aliphatic heterocycles. The van der Waals surface area contributed by atoms with Crippen molar-refractivity contribution in [2.45, 2.75) is 24.0 Å². The molecular weight excluding hydrogens is 387 g/mol. The molecule has 2 N–H and O–H groups in total. The normalized spacial score (nSPS) is 15.7. The molecule has 1 unspecified atom stereocenters. The number of methoxy groups -OCH3 is 1. The number of hydrogen-bond acceptors (Lipinski definition) is 5. The van der Waals surface area contributed by atoms with Crippen LogP contribution < -0.4 is 14.8 Å². The minimum absolute atomic E-state index is 0.107. The summed E-state index contributed by atoms with van der Waals surface area (Å²) >= 11 is 0. The second-order valence-electron chi connectivity index (χ2n) is 6.32. The maximum Gasteiger partial charge on any atom is 0.261 e. The highest BCUT2D eigenvalue weighted by molar-refractivity contribution is 7.89. The van der Waals surface area contributed by atoms with E-state index in [1.807, 2.05) is 0 Å². The lowest BCUT2D eigenvalue weighted by molar-refractivity contribution is -0.127. The summed E-state index contributed by atoms with van der Waals surface area (Å²) in [4.78, 5) is 12.5. The molecule has 1 amide bonds. The van der Waals surface area contributed by atoms with Crippen molar-refractivity contribution in [1.29, 1.82) is 0 Å². The van der Waals surface area contributed by atoms with Crippen LogP contribution in [0.4, 0.5) is 4.39 Å². The largest absolute Gasteiger partial charge is 0.480 e. The molecule has 9 heteroatoms. The van der Waals surface area contributed by atoms with Crippen molar-refractivity contribution >= 4 is 15.9 Å². The van der Waals surface area contributed by atoms with Gasteiger partial charge in [0, 0.05) is 32.2 Å². The number of carbonyl (C=O) groups is 1. The van der Waals surface area contributed by atoms with Gasteiger partial charge in [0.25, 0.3) is 5.91 Å². The summed E-state index contributed by atoms with van der Waals surface area (Å²) in [7, 11) is -2.17. The maximum absolute atomic E-state index is 13.3. The van der Waals surface area contributed by atoms with Gasteiger partial charge in [0.15, 0.2) is 6.10 Å². The zero-order chi connectivity index (χ0) is 20.1. The summed E-state index contributed by atoms with van der Waals surface area (Å²) in [5, 5.41) is 2.73. The zero-order valence-corrected chi connectivity index (χ0v) is 16.1. The Labute approximate surface area is 162 Å². The standard InChI is InChI=1S/C19H21FN2O5S/c1-26-8-7-22-28(24,25)16-4-2-3-13(9-16)12-21-19(23)18-11-14-10-15(20)5-6-17(14)27-18/h2-6,9-10,18,22H,7-8,11-12H2,1H3,(H,21,23). The molecule has 0 aliphatic carbocycles. The SMILES string of the molecule is COCCNS(=O)(=O)c1cccc(CNC(=O)C2Cc3cc(F)ccc3O2)c1. The number of ether oxygens (including phenoxy) is 2. The molecule has 0 saturated heterocycles. The van der Waals surface area contributed by atoms with Crippen LogP contribution in [0, 0.1) is 5.82 Å². The molecule has 0 spiro atoms. The van der Waals surface area contributed by atoms with Crippen LogP contribution in [0.5, 0.6) is 5.75 Å². The Balaban J connectivity index is 1.59. The van der Waals surface area contributed by atoms with Crippen molar-refractivity contribution in [3.63, 3.8) is 0 Å². The number of rotatable bonds is 8. The van der Waals surface area contributed by atoms with Crippen molar-refractivity contribution in [2.24, 2.45) is 0 Å². The number of nitrogens with one attached hydrogen (secondary N) is 2. The molecule has 0 radical (unpaired) electrons. The molecule has 0 fully saturated rings. The van der Waals surface area contributed by atoms with Gasteiger partial charge in [-0.15, -0.1) is 0 Å². The predicted molar refractivity (Wildman–Crippen MR) is 99.9 cm³/mol. The first kappa shape index (κ1) is 20.2. The van der Waals surface area contributed by atoms with Crippen molar-refractivity contribution < 1.29 is 27.1 Å². The van der Waals surface area contributed by atoms with Crippen molar-refractivity contribution in [1.82, 2.24) is 10.0 Å². The fraction of sp³-hybridized carbons (Fsp3) is 0.316. The van der Waals surface area contributed by atoms with Gasteiger partial charge in [-0.2, -0.15) is 0 Å². The topological polar surface area (TPSA) is 93.7 Å². The van der Waals surface area contributed by atoms with Gasteiger partial charge in [-0.1, -0.05) is 12.1 Å². The Morgan fingerprint density at radius 1 is 1.29 bits per heavy atom. The van der Waals surface area contributed by atoms with Crippen LogP contribution in [-0.4, -0.2) is 40.7 Å². The van der Waals surface area contributed by atoms with E-state index in [1.54, 1.807) is 12.1 Å². The van der Waals surface area contributed by atoms with Gasteiger partial charge in [0.05, 0.1) is 11.5 Å². The van der Waals surface area contributed by atoms with Crippen LogP contribution in [0.15, 0.2) is 47.4 Å². The first-order valence-electron chi connectivity index (χ1n) is 8.69. The summed E-state index contributed by atoms with van der Waals surface area (Å²) in [6.45, 7) is 0.577. The Kier molecular flexibility index (Phi) is 6.28. The van der Waals surface area contributed by atoms with E-state index >= 15 is 0 Å². The van der Waals surface area contributed by atoms with Crippen LogP contribution in [-0.2, 0) is 32.5 Å². The van der Waals surface area contributed by atoms with Crippen LogP contribution in [0.25, 0.3) is 0 Å². The molecule has 0 bridgehead atoms. The average Bonchev–Trinajstić information content (AvgIpc) is 3.10. The lowest BCUT2D eigenvalue weighted by Crippen LogP contribution is -2.37. The summed E-state index contributed by atoms with van der Waals surface area (Å²) < 4.78 is 50.6. The van der Waals surface area contributed by atoms with Crippen molar-refractivity contribution in [2.75, 3.05) is 20.3 Å². The highest BCUT2D eigenvalue weighted by Gasteiger charge is 2.29. The van der Waals surface area contributed by atoms with E-state index in [9.17, 15) is 17.6 Å². The highest BCUT2D eigenvalue weighted by Crippen LogP contribution is 2.29. The van der Waals surface area contributed by atoms with Gasteiger partial charge in [0.1, 0.15) is 11.6 Å². The minimum Gasteiger partial charge on any atom is -0.480 e. The van der Waals surface area contributed by atoms with E-state index in [1.165, 1.54) is 37.4 Å². The lowest BCUT2D eigenvalue weighted by Gasteiger charge is -2.12. The number of benzene rings is 2. The van der Waals surface area contributed by atoms with Gasteiger partial charge in [-0.05, 0) is 35.9 Å². The second kappa shape index (κ2) is 8.68. The molecule has 3 rings (SSSR count). The molecule has 28 heavy (non-hydrogen) atoms. The highest BCUT2D eigenvalue weighted by atomic mass is 32.2. The number of amides is 1. The van der Waals surface area contributed by atoms with E-state index in [-0.39, 0.29) is 42.7 Å². The first-order valence-corrected chi connectivity index (χ1v) is 10.2. The molecule has 1 heterocycles. The molecule has 0 saturated carbocycles. The lowest BCUT2D eigenvalue weighted by atomic mass is 10.1. The Morgan fingerprint density at radius 2 is 2.11 bits per heavy atom. The molecule has 1 aliphatic rings. The molecule has 2 aromatic rings. The van der Waals surface area contributed by atoms with Crippen LogP contribution in [0.1, 0.15) is 11.1 Å². The zero-order valence-electron chi connectivity index (χ0n) is 15.3. The number of carbonyl (C=O) groups excluding carboxylic acids is 1. The Morgan fingerprint density at radius 3 is 2.89 bits per heavy atom. The average molecular weight is 408 g/mol. The van der Waals surface area contributed by atoms with E-state index in [0.717, 1.165) is 0 Å². The fourth-order valence-electron chi connectivity index (χ4n) is 2.85. The smallest absolute Gasteiger partial charge is 0.261 e. The molecule has 150 valence electrons. The third-order valence-electron chi connectivity index (χ3n) is 4.26. The second-order valence-corrected chi connectivity index (χ2v) is 8.09. The molecular formula is C19H21FN2O5S. The van der Waals surface area contributed by atoms with Gasteiger partial charge < -0.3 is 14.8 Å². The number of sulfonamides is 1. The van der Waals surface area contributed by atoms with Gasteiger partial charge in [-0.3, -0.25) is 4.79 Å². The van der Waals surface area contributed by atoms with Crippen molar-refractivity contribution in [3.05, 3.63) is 59.4 Å². The maximum atomic E-state index is 13.3. The summed E-state index contributed by atoms with van der Waals surface area (Å²) in [6.07, 6.45) is -0.448. The third-order valence-corrected chi connectivity index (χ3v) is 5.72. The van der Waals surface area contributed by atoms with Crippen LogP contribution >= 0.6 is 0 Å². The number of fused-ring (bicyclic) bond motifs is 1. The number of hydrogen-bond donors (Lipinski definition) is 2. The first-order chi connectivity index (χ1) is 13.4. The van der Waals surface area contributed by atoms with E-state index in [0.29, 0.717) is 16.9 Å². The molecule has 1 atom stereocenters. The fourth-order valence-corrected chi connectivity index (χ4v) is 3.93. The Bertz CT molecular complexity index is 965. The van der Waals surface area contributed by atoms with Crippen LogP contribution in [0.2, 0.25) is 0 Å². The van der Waals surface area contributed by atoms with Gasteiger partial charge >= 0.3 is 0 Å². The summed E-state index contributed by atoms with van der Waals surface area (Å²) in [5.74, 6) is -0.222. The monoisotopic (exact) mass is 408 g/mol. The van der Waals surface area contributed by atoms with Gasteiger partial charge in [0.2, 0.25) is 10.0 Å².